The number of hydrogen-bond acceptors (Lipinski definition) is 6. The second kappa shape index (κ2) is 10.7. The van der Waals surface area contributed by atoms with E-state index in [1.165, 1.54) is 0 Å². The molecule has 5 aliphatic rings. The Labute approximate surface area is 213 Å². The number of hydrazine groups is 1. The van der Waals surface area contributed by atoms with Crippen molar-refractivity contribution in [2.24, 2.45) is 35.5 Å². The lowest BCUT2D eigenvalue weighted by Crippen LogP contribution is -2.43. The standard InChI is InChI=1S/C26H44F3N5O2/c1-16(8-24-31-30-15-32(24)2)18-4-3-5-19(11-18)34-14-22-21(25(34)36)9-17(10-23(22)26(27,28)29)12-33-7-6-20(35)13-33/h16-24,30-31,35H,3-15H2,1-2H3/t16-,17?,18?,19?,20+,21?,22?,23?,24?/m1/s1. The molecule has 2 saturated carbocycles. The molecule has 1 amide bonds. The average molecular weight is 516 g/mol. The lowest BCUT2D eigenvalue weighted by atomic mass is 9.68. The monoisotopic (exact) mass is 515 g/mol. The van der Waals surface area contributed by atoms with Gasteiger partial charge in [0.05, 0.1) is 24.9 Å². The zero-order valence-corrected chi connectivity index (χ0v) is 21.7. The third kappa shape index (κ3) is 5.58. The molecule has 36 heavy (non-hydrogen) atoms. The van der Waals surface area contributed by atoms with E-state index in [9.17, 15) is 23.1 Å². The molecule has 5 fully saturated rings. The smallest absolute Gasteiger partial charge is 0.392 e. The Balaban J connectivity index is 1.24. The van der Waals surface area contributed by atoms with Crippen molar-refractivity contribution in [3.8, 4) is 0 Å². The summed E-state index contributed by atoms with van der Waals surface area (Å²) in [6, 6.07) is 0.0674. The van der Waals surface area contributed by atoms with Crippen LogP contribution >= 0.6 is 0 Å². The molecule has 0 aromatic heterocycles. The van der Waals surface area contributed by atoms with Crippen molar-refractivity contribution < 1.29 is 23.1 Å². The highest BCUT2D eigenvalue weighted by Gasteiger charge is 2.57. The Morgan fingerprint density at radius 3 is 2.61 bits per heavy atom. The van der Waals surface area contributed by atoms with Crippen LogP contribution in [0.5, 0.6) is 0 Å². The van der Waals surface area contributed by atoms with Crippen LogP contribution in [-0.2, 0) is 4.79 Å². The van der Waals surface area contributed by atoms with E-state index in [1.54, 1.807) is 0 Å². The van der Waals surface area contributed by atoms with Gasteiger partial charge in [0.15, 0.2) is 0 Å². The average Bonchev–Trinajstić information content (AvgIpc) is 3.52. The van der Waals surface area contributed by atoms with E-state index in [0.29, 0.717) is 37.8 Å². The molecular formula is C26H44F3N5O2. The third-order valence-corrected chi connectivity index (χ3v) is 10.1. The van der Waals surface area contributed by atoms with Crippen molar-refractivity contribution in [1.82, 2.24) is 25.6 Å². The van der Waals surface area contributed by atoms with E-state index in [0.717, 1.165) is 45.3 Å². The normalized spacial score (nSPS) is 41.7. The number of likely N-dealkylation sites (tertiary alicyclic amines) is 2. The number of nitrogens with one attached hydrogen (secondary N) is 2. The minimum Gasteiger partial charge on any atom is -0.392 e. The molecule has 0 aromatic carbocycles. The second-order valence-electron chi connectivity index (χ2n) is 12.5. The minimum atomic E-state index is -4.28. The van der Waals surface area contributed by atoms with Crippen LogP contribution in [0.1, 0.15) is 58.3 Å². The van der Waals surface area contributed by atoms with E-state index < -0.39 is 23.9 Å². The highest BCUT2D eigenvalue weighted by molar-refractivity contribution is 5.82. The molecule has 7 nitrogen and oxygen atoms in total. The van der Waals surface area contributed by atoms with Crippen LogP contribution in [0.25, 0.3) is 0 Å². The first kappa shape index (κ1) is 26.7. The van der Waals surface area contributed by atoms with Gasteiger partial charge in [0.25, 0.3) is 0 Å². The second-order valence-corrected chi connectivity index (χ2v) is 12.5. The molecule has 3 heterocycles. The van der Waals surface area contributed by atoms with Crippen LogP contribution < -0.4 is 10.9 Å². The molecule has 206 valence electrons. The van der Waals surface area contributed by atoms with E-state index >= 15 is 0 Å². The molecule has 10 heteroatoms. The summed E-state index contributed by atoms with van der Waals surface area (Å²) in [4.78, 5) is 19.8. The molecule has 2 aliphatic carbocycles. The first-order valence-electron chi connectivity index (χ1n) is 14.1. The van der Waals surface area contributed by atoms with Crippen LogP contribution in [-0.4, -0.2) is 90.1 Å². The molecule has 3 aliphatic heterocycles. The van der Waals surface area contributed by atoms with Gasteiger partial charge in [0.2, 0.25) is 5.91 Å². The Morgan fingerprint density at radius 2 is 1.94 bits per heavy atom. The van der Waals surface area contributed by atoms with Crippen molar-refractivity contribution in [3.05, 3.63) is 0 Å². The Bertz CT molecular complexity index is 785. The van der Waals surface area contributed by atoms with Crippen LogP contribution in [0.2, 0.25) is 0 Å². The first-order chi connectivity index (χ1) is 17.1. The fourth-order valence-electron chi connectivity index (χ4n) is 8.00. The van der Waals surface area contributed by atoms with E-state index in [2.05, 4.69) is 34.6 Å². The molecule has 0 bridgehead atoms. The van der Waals surface area contributed by atoms with Crippen LogP contribution in [0, 0.1) is 35.5 Å². The molecule has 0 radical (unpaired) electrons. The number of β-amino-alcohol motifs (C(OH)–C–C–N with tert-alkyl or cyclic N) is 1. The maximum Gasteiger partial charge on any atom is 0.392 e. The highest BCUT2D eigenvalue weighted by atomic mass is 19.4. The number of aliphatic hydroxyl groups is 1. The fourth-order valence-corrected chi connectivity index (χ4v) is 8.00. The van der Waals surface area contributed by atoms with Gasteiger partial charge in [-0.3, -0.25) is 9.69 Å². The number of amides is 1. The van der Waals surface area contributed by atoms with E-state index in [-0.39, 0.29) is 43.1 Å². The first-order valence-corrected chi connectivity index (χ1v) is 14.1. The number of halogens is 3. The van der Waals surface area contributed by atoms with Crippen molar-refractivity contribution in [1.29, 1.82) is 0 Å². The third-order valence-electron chi connectivity index (χ3n) is 10.1. The number of nitrogens with zero attached hydrogens (tertiary/aromatic N) is 3. The van der Waals surface area contributed by atoms with Gasteiger partial charge >= 0.3 is 6.18 Å². The maximum absolute atomic E-state index is 14.2. The predicted molar refractivity (Wildman–Crippen MR) is 130 cm³/mol. The van der Waals surface area contributed by atoms with Crippen LogP contribution in [0.15, 0.2) is 0 Å². The van der Waals surface area contributed by atoms with Crippen LogP contribution in [0.3, 0.4) is 0 Å². The van der Waals surface area contributed by atoms with Gasteiger partial charge in [0.1, 0.15) is 0 Å². The molecule has 3 N–H and O–H groups in total. The molecular weight excluding hydrogens is 471 g/mol. The maximum atomic E-state index is 14.2. The van der Waals surface area contributed by atoms with Crippen molar-refractivity contribution in [2.45, 2.75) is 82.8 Å². The molecule has 0 aromatic rings. The lowest BCUT2D eigenvalue weighted by Gasteiger charge is -2.39. The SMILES string of the molecule is C[C@H](CC1NNCN1C)C1CCCC(N2CC3C(CC(CN4CC[C@H](O)C4)CC3C(F)(F)F)C2=O)C1. The summed E-state index contributed by atoms with van der Waals surface area (Å²) in [5.41, 5.74) is 6.50. The number of aliphatic hydroxyl groups excluding tert-OH is 1. The van der Waals surface area contributed by atoms with Crippen molar-refractivity contribution >= 4 is 5.91 Å². The van der Waals surface area contributed by atoms with Gasteiger partial charge in [-0.2, -0.15) is 13.2 Å². The number of rotatable bonds is 6. The zero-order chi connectivity index (χ0) is 25.6. The summed E-state index contributed by atoms with van der Waals surface area (Å²) >= 11 is 0. The molecule has 0 spiro atoms. The largest absolute Gasteiger partial charge is 0.392 e. The minimum absolute atomic E-state index is 0.0277. The van der Waals surface area contributed by atoms with Gasteiger partial charge in [-0.25, -0.2) is 10.9 Å². The van der Waals surface area contributed by atoms with E-state index in [1.807, 2.05) is 4.90 Å². The number of carbonyl (C=O) groups excluding carboxylic acids is 1. The summed E-state index contributed by atoms with van der Waals surface area (Å²) in [5.74, 6) is -1.73. The summed E-state index contributed by atoms with van der Waals surface area (Å²) < 4.78 is 42.7. The molecule has 5 rings (SSSR count). The van der Waals surface area contributed by atoms with Crippen molar-refractivity contribution in [2.75, 3.05) is 39.9 Å². The van der Waals surface area contributed by atoms with E-state index in [4.69, 9.17) is 0 Å². The van der Waals surface area contributed by atoms with Gasteiger partial charge < -0.3 is 14.9 Å². The fraction of sp³-hybridized carbons (Fsp3) is 0.962. The number of carbonyl (C=O) groups is 1. The Hall–Kier alpha value is -0.940. The van der Waals surface area contributed by atoms with Gasteiger partial charge in [-0.05, 0) is 69.2 Å². The molecule has 7 unspecified atom stereocenters. The number of fused-ring (bicyclic) bond motifs is 1. The quantitative estimate of drug-likeness (QED) is 0.505. The van der Waals surface area contributed by atoms with Gasteiger partial charge in [-0.15, -0.1) is 0 Å². The Morgan fingerprint density at radius 1 is 1.14 bits per heavy atom. The zero-order valence-electron chi connectivity index (χ0n) is 21.7. The summed E-state index contributed by atoms with van der Waals surface area (Å²) in [6.07, 6.45) is 1.97. The van der Waals surface area contributed by atoms with Crippen molar-refractivity contribution in [3.63, 3.8) is 0 Å². The summed E-state index contributed by atoms with van der Waals surface area (Å²) in [7, 11) is 2.09. The number of alkyl halides is 3. The summed E-state index contributed by atoms with van der Waals surface area (Å²) in [5, 5.41) is 9.84. The molecule has 9 atom stereocenters. The van der Waals surface area contributed by atoms with Gasteiger partial charge in [0, 0.05) is 38.1 Å². The highest BCUT2D eigenvalue weighted by Crippen LogP contribution is 2.51. The summed E-state index contributed by atoms with van der Waals surface area (Å²) in [6.45, 7) is 5.19. The van der Waals surface area contributed by atoms with Gasteiger partial charge in [-0.1, -0.05) is 19.8 Å². The predicted octanol–water partition coefficient (Wildman–Crippen LogP) is 2.62. The Kier molecular flexibility index (Phi) is 7.90. The van der Waals surface area contributed by atoms with Crippen LogP contribution in [0.4, 0.5) is 13.2 Å². The topological polar surface area (TPSA) is 71.1 Å². The molecule has 3 saturated heterocycles. The number of hydrogen-bond donors (Lipinski definition) is 3. The lowest BCUT2D eigenvalue weighted by molar-refractivity contribution is -0.204.